The highest BCUT2D eigenvalue weighted by Crippen LogP contribution is 2.42. The highest BCUT2D eigenvalue weighted by Gasteiger charge is 2.32. The van der Waals surface area contributed by atoms with Crippen LogP contribution in [0.1, 0.15) is 18.1 Å². The summed E-state index contributed by atoms with van der Waals surface area (Å²) < 4.78 is 16.3. The smallest absolute Gasteiger partial charge is 0.166 e. The number of para-hydroxylation sites is 1. The van der Waals surface area contributed by atoms with Gasteiger partial charge in [0.15, 0.2) is 11.5 Å². The second-order valence-corrected chi connectivity index (χ2v) is 4.11. The van der Waals surface area contributed by atoms with Crippen LogP contribution in [0.15, 0.2) is 18.2 Å². The minimum atomic E-state index is -0.106. The van der Waals surface area contributed by atoms with Crippen LogP contribution in [0.3, 0.4) is 0 Å². The van der Waals surface area contributed by atoms with Gasteiger partial charge in [0.25, 0.3) is 0 Å². The summed E-state index contributed by atoms with van der Waals surface area (Å²) in [6.45, 7) is 0.807. The van der Waals surface area contributed by atoms with Crippen LogP contribution >= 0.6 is 0 Å². The van der Waals surface area contributed by atoms with Crippen LogP contribution in [0.4, 0.5) is 0 Å². The lowest BCUT2D eigenvalue weighted by Gasteiger charge is -2.20. The molecule has 2 rings (SSSR count). The van der Waals surface area contributed by atoms with Crippen molar-refractivity contribution in [2.75, 3.05) is 27.4 Å². The first kappa shape index (κ1) is 12.2. The summed E-state index contributed by atoms with van der Waals surface area (Å²) in [5.74, 6) is 1.52. The van der Waals surface area contributed by atoms with Gasteiger partial charge in [-0.2, -0.15) is 0 Å². The Kier molecular flexibility index (Phi) is 3.86. The molecule has 1 aliphatic heterocycles. The number of ether oxygens (including phenoxy) is 3. The summed E-state index contributed by atoms with van der Waals surface area (Å²) in [6, 6.07) is 5.72. The monoisotopic (exact) mass is 238 g/mol. The standard InChI is InChI=1S/C13H18O4/c1-15-11-5-3-4-10(13(11)16-2)12-9(8-14)6-7-17-12/h3-5,9,12,14H,6-8H2,1-2H3. The molecule has 0 amide bonds. The molecule has 1 saturated heterocycles. The Bertz CT molecular complexity index is 378. The summed E-state index contributed by atoms with van der Waals surface area (Å²) in [5.41, 5.74) is 0.948. The average Bonchev–Trinajstić information content (AvgIpc) is 2.85. The second-order valence-electron chi connectivity index (χ2n) is 4.11. The number of aliphatic hydroxyl groups is 1. The van der Waals surface area contributed by atoms with E-state index in [2.05, 4.69) is 0 Å². The molecule has 94 valence electrons. The summed E-state index contributed by atoms with van der Waals surface area (Å²) >= 11 is 0. The van der Waals surface area contributed by atoms with Gasteiger partial charge in [-0.1, -0.05) is 12.1 Å². The highest BCUT2D eigenvalue weighted by atomic mass is 16.5. The van der Waals surface area contributed by atoms with Gasteiger partial charge >= 0.3 is 0 Å². The summed E-state index contributed by atoms with van der Waals surface area (Å²) in [5, 5.41) is 9.34. The van der Waals surface area contributed by atoms with Crippen molar-refractivity contribution in [3.05, 3.63) is 23.8 Å². The van der Waals surface area contributed by atoms with E-state index in [4.69, 9.17) is 14.2 Å². The fraction of sp³-hybridized carbons (Fsp3) is 0.538. The normalized spacial score (nSPS) is 23.7. The van der Waals surface area contributed by atoms with Crippen molar-refractivity contribution in [1.82, 2.24) is 0 Å². The van der Waals surface area contributed by atoms with Crippen LogP contribution in [0, 0.1) is 5.92 Å². The Morgan fingerprint density at radius 1 is 1.35 bits per heavy atom. The zero-order valence-corrected chi connectivity index (χ0v) is 10.2. The number of hydrogen-bond acceptors (Lipinski definition) is 4. The number of aliphatic hydroxyl groups excluding tert-OH is 1. The van der Waals surface area contributed by atoms with Crippen molar-refractivity contribution in [2.24, 2.45) is 5.92 Å². The van der Waals surface area contributed by atoms with Gasteiger partial charge in [0.1, 0.15) is 0 Å². The van der Waals surface area contributed by atoms with Crippen molar-refractivity contribution in [2.45, 2.75) is 12.5 Å². The first-order chi connectivity index (χ1) is 8.31. The van der Waals surface area contributed by atoms with Gasteiger partial charge in [0, 0.05) is 24.7 Å². The van der Waals surface area contributed by atoms with Crippen LogP contribution in [0.5, 0.6) is 11.5 Å². The Morgan fingerprint density at radius 2 is 2.18 bits per heavy atom. The van der Waals surface area contributed by atoms with Crippen LogP contribution < -0.4 is 9.47 Å². The van der Waals surface area contributed by atoms with E-state index in [-0.39, 0.29) is 18.6 Å². The Balaban J connectivity index is 2.37. The minimum Gasteiger partial charge on any atom is -0.493 e. The van der Waals surface area contributed by atoms with E-state index >= 15 is 0 Å². The highest BCUT2D eigenvalue weighted by molar-refractivity contribution is 5.48. The van der Waals surface area contributed by atoms with Gasteiger partial charge in [-0.3, -0.25) is 0 Å². The molecule has 1 heterocycles. The molecule has 17 heavy (non-hydrogen) atoms. The van der Waals surface area contributed by atoms with Crippen molar-refractivity contribution >= 4 is 0 Å². The third kappa shape index (κ3) is 2.23. The third-order valence-corrected chi connectivity index (χ3v) is 3.19. The Labute approximate surface area is 101 Å². The minimum absolute atomic E-state index is 0.106. The maximum Gasteiger partial charge on any atom is 0.166 e. The van der Waals surface area contributed by atoms with Crippen molar-refractivity contribution in [3.8, 4) is 11.5 Å². The van der Waals surface area contributed by atoms with Crippen molar-refractivity contribution < 1.29 is 19.3 Å². The lowest BCUT2D eigenvalue weighted by molar-refractivity contribution is 0.0698. The molecule has 0 aliphatic carbocycles. The summed E-state index contributed by atoms with van der Waals surface area (Å²) in [7, 11) is 3.23. The number of benzene rings is 1. The molecular formula is C13H18O4. The Morgan fingerprint density at radius 3 is 2.82 bits per heavy atom. The molecular weight excluding hydrogens is 220 g/mol. The van der Waals surface area contributed by atoms with E-state index < -0.39 is 0 Å². The van der Waals surface area contributed by atoms with Crippen molar-refractivity contribution in [1.29, 1.82) is 0 Å². The van der Waals surface area contributed by atoms with Crippen LogP contribution in [-0.2, 0) is 4.74 Å². The van der Waals surface area contributed by atoms with E-state index in [1.807, 2.05) is 18.2 Å². The van der Waals surface area contributed by atoms with E-state index in [1.165, 1.54) is 0 Å². The molecule has 0 aromatic heterocycles. The van der Waals surface area contributed by atoms with E-state index in [0.29, 0.717) is 18.1 Å². The average molecular weight is 238 g/mol. The van der Waals surface area contributed by atoms with Crippen molar-refractivity contribution in [3.63, 3.8) is 0 Å². The lowest BCUT2D eigenvalue weighted by atomic mass is 9.95. The molecule has 1 aromatic carbocycles. The first-order valence-corrected chi connectivity index (χ1v) is 5.75. The zero-order chi connectivity index (χ0) is 12.3. The van der Waals surface area contributed by atoms with Gasteiger partial charge in [-0.15, -0.1) is 0 Å². The maximum absolute atomic E-state index is 9.34. The third-order valence-electron chi connectivity index (χ3n) is 3.19. The molecule has 0 bridgehead atoms. The molecule has 2 atom stereocenters. The maximum atomic E-state index is 9.34. The molecule has 1 fully saturated rings. The van der Waals surface area contributed by atoms with Gasteiger partial charge in [-0.25, -0.2) is 0 Å². The largest absolute Gasteiger partial charge is 0.493 e. The first-order valence-electron chi connectivity index (χ1n) is 5.75. The molecule has 1 N–H and O–H groups in total. The second kappa shape index (κ2) is 5.38. The molecule has 4 nitrogen and oxygen atoms in total. The number of hydrogen-bond donors (Lipinski definition) is 1. The molecule has 1 aromatic rings. The predicted molar refractivity (Wildman–Crippen MR) is 63.4 cm³/mol. The molecule has 4 heteroatoms. The predicted octanol–water partition coefficient (Wildman–Crippen LogP) is 1.77. The summed E-state index contributed by atoms with van der Waals surface area (Å²) in [4.78, 5) is 0. The summed E-state index contributed by atoms with van der Waals surface area (Å²) in [6.07, 6.45) is 0.770. The molecule has 1 aliphatic rings. The molecule has 0 spiro atoms. The molecule has 0 saturated carbocycles. The van der Waals surface area contributed by atoms with E-state index in [9.17, 15) is 5.11 Å². The topological polar surface area (TPSA) is 47.9 Å². The number of methoxy groups -OCH3 is 2. The molecule has 0 radical (unpaired) electrons. The lowest BCUT2D eigenvalue weighted by Crippen LogP contribution is -2.12. The SMILES string of the molecule is COc1cccc(C2OCCC2CO)c1OC. The van der Waals surface area contributed by atoms with Crippen LogP contribution in [-0.4, -0.2) is 32.5 Å². The van der Waals surface area contributed by atoms with Gasteiger partial charge in [0.2, 0.25) is 0 Å². The number of rotatable bonds is 4. The van der Waals surface area contributed by atoms with E-state index in [0.717, 1.165) is 12.0 Å². The fourth-order valence-electron chi connectivity index (χ4n) is 2.30. The quantitative estimate of drug-likeness (QED) is 0.868. The van der Waals surface area contributed by atoms with Gasteiger partial charge in [-0.05, 0) is 12.5 Å². The Hall–Kier alpha value is -1.26. The fourth-order valence-corrected chi connectivity index (χ4v) is 2.30. The zero-order valence-electron chi connectivity index (χ0n) is 10.2. The van der Waals surface area contributed by atoms with Gasteiger partial charge < -0.3 is 19.3 Å². The van der Waals surface area contributed by atoms with Crippen LogP contribution in [0.2, 0.25) is 0 Å². The molecule has 2 unspecified atom stereocenters. The van der Waals surface area contributed by atoms with Crippen LogP contribution in [0.25, 0.3) is 0 Å². The van der Waals surface area contributed by atoms with Gasteiger partial charge in [0.05, 0.1) is 20.3 Å². The van der Waals surface area contributed by atoms with E-state index in [1.54, 1.807) is 14.2 Å².